The Kier molecular flexibility index (Phi) is 4.07. The van der Waals surface area contributed by atoms with Crippen LogP contribution in [0.3, 0.4) is 0 Å². The molecule has 0 amide bonds. The van der Waals surface area contributed by atoms with E-state index in [9.17, 15) is 0 Å². The normalized spacial score (nSPS) is 16.5. The highest BCUT2D eigenvalue weighted by Crippen LogP contribution is 2.29. The van der Waals surface area contributed by atoms with Gasteiger partial charge in [-0.25, -0.2) is 4.98 Å². The van der Waals surface area contributed by atoms with Crippen LogP contribution in [0.4, 0.5) is 0 Å². The van der Waals surface area contributed by atoms with Crippen molar-refractivity contribution in [2.24, 2.45) is 5.92 Å². The third kappa shape index (κ3) is 2.79. The zero-order valence-electron chi connectivity index (χ0n) is 11.3. The molecular formula is C16H21ClN2. The van der Waals surface area contributed by atoms with Crippen molar-refractivity contribution in [1.82, 2.24) is 9.55 Å². The highest BCUT2D eigenvalue weighted by molar-refractivity contribution is 6.17. The van der Waals surface area contributed by atoms with E-state index >= 15 is 0 Å². The van der Waals surface area contributed by atoms with Gasteiger partial charge in [-0.1, -0.05) is 37.8 Å². The van der Waals surface area contributed by atoms with Crippen molar-refractivity contribution in [2.45, 2.75) is 45.1 Å². The number of benzene rings is 1. The van der Waals surface area contributed by atoms with Crippen LogP contribution in [0.2, 0.25) is 0 Å². The van der Waals surface area contributed by atoms with Gasteiger partial charge in [-0.15, -0.1) is 11.6 Å². The minimum Gasteiger partial charge on any atom is -0.328 e. The van der Waals surface area contributed by atoms with Gasteiger partial charge in [0, 0.05) is 18.8 Å². The standard InChI is InChI=1S/C16H21ClN2/c17-11-9-16-18-14-7-3-4-8-15(14)19(16)12-10-13-5-1-2-6-13/h3-4,7-8,13H,1-2,5-6,9-12H2. The molecule has 0 bridgehead atoms. The molecule has 2 aromatic rings. The van der Waals surface area contributed by atoms with E-state index in [1.54, 1.807) is 0 Å². The molecule has 1 fully saturated rings. The van der Waals surface area contributed by atoms with Crippen molar-refractivity contribution in [2.75, 3.05) is 5.88 Å². The van der Waals surface area contributed by atoms with Crippen molar-refractivity contribution in [1.29, 1.82) is 0 Å². The third-order valence-corrected chi connectivity index (χ3v) is 4.48. The number of halogens is 1. The topological polar surface area (TPSA) is 17.8 Å². The molecule has 1 aliphatic carbocycles. The van der Waals surface area contributed by atoms with Gasteiger partial charge in [-0.3, -0.25) is 0 Å². The highest BCUT2D eigenvalue weighted by atomic mass is 35.5. The Morgan fingerprint density at radius 2 is 2.00 bits per heavy atom. The Morgan fingerprint density at radius 3 is 2.79 bits per heavy atom. The summed E-state index contributed by atoms with van der Waals surface area (Å²) in [5.74, 6) is 2.71. The maximum Gasteiger partial charge on any atom is 0.111 e. The van der Waals surface area contributed by atoms with Gasteiger partial charge in [-0.05, 0) is 24.5 Å². The first-order valence-corrected chi connectivity index (χ1v) is 7.92. The molecule has 0 atom stereocenters. The highest BCUT2D eigenvalue weighted by Gasteiger charge is 2.16. The second-order valence-corrected chi connectivity index (χ2v) is 5.92. The fourth-order valence-electron chi connectivity index (χ4n) is 3.26. The molecule has 0 aliphatic heterocycles. The maximum absolute atomic E-state index is 5.91. The Hall–Kier alpha value is -1.02. The molecule has 1 heterocycles. The van der Waals surface area contributed by atoms with Gasteiger partial charge < -0.3 is 4.57 Å². The monoisotopic (exact) mass is 276 g/mol. The van der Waals surface area contributed by atoms with Gasteiger partial charge in [0.15, 0.2) is 0 Å². The van der Waals surface area contributed by atoms with E-state index in [0.29, 0.717) is 5.88 Å². The minimum absolute atomic E-state index is 0.646. The molecular weight excluding hydrogens is 256 g/mol. The molecule has 0 saturated heterocycles. The van der Waals surface area contributed by atoms with Crippen LogP contribution in [0.25, 0.3) is 11.0 Å². The third-order valence-electron chi connectivity index (χ3n) is 4.29. The average molecular weight is 277 g/mol. The molecule has 1 aromatic carbocycles. The molecule has 0 N–H and O–H groups in total. The Morgan fingerprint density at radius 1 is 1.21 bits per heavy atom. The smallest absolute Gasteiger partial charge is 0.111 e. The van der Waals surface area contributed by atoms with Crippen molar-refractivity contribution in [3.63, 3.8) is 0 Å². The number of hydrogen-bond acceptors (Lipinski definition) is 1. The summed E-state index contributed by atoms with van der Waals surface area (Å²) in [6, 6.07) is 8.43. The summed E-state index contributed by atoms with van der Waals surface area (Å²) in [5, 5.41) is 0. The summed E-state index contributed by atoms with van der Waals surface area (Å²) in [6.07, 6.45) is 7.82. The molecule has 19 heavy (non-hydrogen) atoms. The zero-order valence-corrected chi connectivity index (χ0v) is 12.1. The summed E-state index contributed by atoms with van der Waals surface area (Å²) in [4.78, 5) is 4.73. The molecule has 102 valence electrons. The number of alkyl halides is 1. The summed E-state index contributed by atoms with van der Waals surface area (Å²) in [5.41, 5.74) is 2.37. The number of nitrogens with zero attached hydrogens (tertiary/aromatic N) is 2. The van der Waals surface area contributed by atoms with Gasteiger partial charge in [0.1, 0.15) is 5.82 Å². The summed E-state index contributed by atoms with van der Waals surface area (Å²) < 4.78 is 2.38. The van der Waals surface area contributed by atoms with Crippen LogP contribution in [0, 0.1) is 5.92 Å². The van der Waals surface area contributed by atoms with E-state index in [0.717, 1.165) is 30.2 Å². The SMILES string of the molecule is ClCCc1nc2ccccc2n1CCC1CCCC1. The van der Waals surface area contributed by atoms with E-state index in [1.807, 2.05) is 0 Å². The number of aryl methyl sites for hydroxylation is 2. The van der Waals surface area contributed by atoms with Gasteiger partial charge >= 0.3 is 0 Å². The number of hydrogen-bond donors (Lipinski definition) is 0. The van der Waals surface area contributed by atoms with Gasteiger partial charge in [0.2, 0.25) is 0 Å². The predicted molar refractivity (Wildman–Crippen MR) is 80.7 cm³/mol. The first-order chi connectivity index (χ1) is 9.38. The van der Waals surface area contributed by atoms with Crippen LogP contribution in [-0.2, 0) is 13.0 Å². The van der Waals surface area contributed by atoms with Crippen LogP contribution in [0.1, 0.15) is 37.9 Å². The van der Waals surface area contributed by atoms with Crippen molar-refractivity contribution in [3.05, 3.63) is 30.1 Å². The van der Waals surface area contributed by atoms with Crippen LogP contribution >= 0.6 is 11.6 Å². The first-order valence-electron chi connectivity index (χ1n) is 7.38. The Balaban J connectivity index is 1.84. The van der Waals surface area contributed by atoms with Crippen LogP contribution in [-0.4, -0.2) is 15.4 Å². The number of para-hydroxylation sites is 2. The van der Waals surface area contributed by atoms with Gasteiger partial charge in [-0.2, -0.15) is 0 Å². The predicted octanol–water partition coefficient (Wildman–Crippen LogP) is 4.40. The van der Waals surface area contributed by atoms with E-state index < -0.39 is 0 Å². The molecule has 3 heteroatoms. The minimum atomic E-state index is 0.646. The molecule has 0 unspecified atom stereocenters. The first kappa shape index (κ1) is 13.0. The zero-order chi connectivity index (χ0) is 13.1. The Bertz CT molecular complexity index is 541. The molecule has 0 radical (unpaired) electrons. The fraction of sp³-hybridized carbons (Fsp3) is 0.562. The van der Waals surface area contributed by atoms with Crippen molar-refractivity contribution < 1.29 is 0 Å². The lowest BCUT2D eigenvalue weighted by molar-refractivity contribution is 0.457. The Labute approximate surface area is 119 Å². The van der Waals surface area contributed by atoms with Crippen LogP contribution < -0.4 is 0 Å². The van der Waals surface area contributed by atoms with Gasteiger partial charge in [0.05, 0.1) is 11.0 Å². The lowest BCUT2D eigenvalue weighted by Gasteiger charge is -2.12. The van der Waals surface area contributed by atoms with E-state index in [1.165, 1.54) is 37.6 Å². The lowest BCUT2D eigenvalue weighted by atomic mass is 10.0. The quantitative estimate of drug-likeness (QED) is 0.740. The summed E-state index contributed by atoms with van der Waals surface area (Å²) in [7, 11) is 0. The molecule has 2 nitrogen and oxygen atoms in total. The molecule has 3 rings (SSSR count). The largest absolute Gasteiger partial charge is 0.328 e. The second-order valence-electron chi connectivity index (χ2n) is 5.55. The van der Waals surface area contributed by atoms with Crippen molar-refractivity contribution >= 4 is 22.6 Å². The number of imidazole rings is 1. The molecule has 1 aromatic heterocycles. The average Bonchev–Trinajstić information content (AvgIpc) is 3.04. The second kappa shape index (κ2) is 5.96. The summed E-state index contributed by atoms with van der Waals surface area (Å²) >= 11 is 5.91. The van der Waals surface area contributed by atoms with E-state index in [4.69, 9.17) is 16.6 Å². The van der Waals surface area contributed by atoms with Crippen LogP contribution in [0.15, 0.2) is 24.3 Å². The van der Waals surface area contributed by atoms with Crippen LogP contribution in [0.5, 0.6) is 0 Å². The lowest BCUT2D eigenvalue weighted by Crippen LogP contribution is -2.08. The van der Waals surface area contributed by atoms with Gasteiger partial charge in [0.25, 0.3) is 0 Å². The summed E-state index contributed by atoms with van der Waals surface area (Å²) in [6.45, 7) is 1.09. The molecule has 1 aliphatic rings. The molecule has 1 saturated carbocycles. The van der Waals surface area contributed by atoms with E-state index in [-0.39, 0.29) is 0 Å². The van der Waals surface area contributed by atoms with Crippen molar-refractivity contribution in [3.8, 4) is 0 Å². The van der Waals surface area contributed by atoms with E-state index in [2.05, 4.69) is 28.8 Å². The number of fused-ring (bicyclic) bond motifs is 1. The number of aromatic nitrogens is 2. The number of rotatable bonds is 5. The fourth-order valence-corrected chi connectivity index (χ4v) is 3.43. The maximum atomic E-state index is 5.91. The molecule has 0 spiro atoms.